The van der Waals surface area contributed by atoms with Gasteiger partial charge in [0.1, 0.15) is 12.0 Å². The van der Waals surface area contributed by atoms with Crippen molar-refractivity contribution >= 4 is 40.4 Å². The number of nitrogens with one attached hydrogen (secondary N) is 3. The van der Waals surface area contributed by atoms with Crippen LogP contribution in [0.5, 0.6) is 0 Å². The third-order valence-corrected chi connectivity index (χ3v) is 9.31. The van der Waals surface area contributed by atoms with Gasteiger partial charge in [-0.15, -0.1) is 0 Å². The first-order valence-corrected chi connectivity index (χ1v) is 17.3. The first-order chi connectivity index (χ1) is 25.1. The Morgan fingerprint density at radius 2 is 1.22 bits per heavy atom. The molecule has 0 saturated heterocycles. The minimum Gasteiger partial charge on any atom is -0.354 e. The average Bonchev–Trinajstić information content (AvgIpc) is 3.22. The van der Waals surface area contributed by atoms with E-state index in [4.69, 9.17) is 15.4 Å². The lowest BCUT2D eigenvalue weighted by molar-refractivity contribution is 0.674. The molecule has 51 heavy (non-hydrogen) atoms. The van der Waals surface area contributed by atoms with Crippen molar-refractivity contribution in [3.05, 3.63) is 203 Å². The summed E-state index contributed by atoms with van der Waals surface area (Å²) < 4.78 is 0. The molecule has 3 N–H and O–H groups in total. The Bertz CT molecular complexity index is 2320. The van der Waals surface area contributed by atoms with Crippen molar-refractivity contribution in [2.75, 3.05) is 0 Å². The van der Waals surface area contributed by atoms with Crippen molar-refractivity contribution in [1.29, 1.82) is 5.41 Å². The number of allylic oxidation sites excluding steroid dienone is 1. The highest BCUT2D eigenvalue weighted by Gasteiger charge is 2.24. The molecule has 246 valence electrons. The summed E-state index contributed by atoms with van der Waals surface area (Å²) >= 11 is 0. The summed E-state index contributed by atoms with van der Waals surface area (Å²) in [4.78, 5) is 10.0. The summed E-state index contributed by atoms with van der Waals surface area (Å²) in [6.45, 7) is 2.04. The number of hydrogen-bond acceptors (Lipinski definition) is 5. The molecule has 2 aliphatic rings. The first kappa shape index (κ1) is 31.7. The predicted octanol–water partition coefficient (Wildman–Crippen LogP) is 10.2. The molecule has 0 aromatic heterocycles. The monoisotopic (exact) mass is 659 g/mol. The van der Waals surface area contributed by atoms with Gasteiger partial charge in [0.25, 0.3) is 0 Å². The molecule has 0 aliphatic carbocycles. The Labute approximate surface area is 299 Å². The van der Waals surface area contributed by atoms with Crippen molar-refractivity contribution in [1.82, 2.24) is 10.6 Å². The fourth-order valence-corrected chi connectivity index (χ4v) is 6.64. The fourth-order valence-electron chi connectivity index (χ4n) is 6.64. The summed E-state index contributed by atoms with van der Waals surface area (Å²) in [5, 5.41) is 16.3. The maximum absolute atomic E-state index is 9.04. The second-order valence-electron chi connectivity index (χ2n) is 12.6. The smallest absolute Gasteiger partial charge is 0.159 e. The summed E-state index contributed by atoms with van der Waals surface area (Å²) in [5.74, 6) is 1.50. The molecule has 0 fully saturated rings. The Kier molecular flexibility index (Phi) is 8.76. The van der Waals surface area contributed by atoms with Gasteiger partial charge in [0.05, 0.1) is 5.70 Å². The van der Waals surface area contributed by atoms with Gasteiger partial charge in [-0.2, -0.15) is 0 Å². The van der Waals surface area contributed by atoms with E-state index in [0.29, 0.717) is 18.0 Å². The van der Waals surface area contributed by atoms with Crippen LogP contribution in [0.15, 0.2) is 174 Å². The van der Waals surface area contributed by atoms with Crippen LogP contribution in [0.4, 0.5) is 0 Å². The van der Waals surface area contributed by atoms with Crippen LogP contribution in [0, 0.1) is 5.41 Å². The fraction of sp³-hybridized carbons (Fsp3) is 0.0652. The Hall–Kier alpha value is -6.59. The van der Waals surface area contributed by atoms with Gasteiger partial charge in [0, 0.05) is 33.7 Å². The van der Waals surface area contributed by atoms with E-state index in [2.05, 4.69) is 120 Å². The van der Waals surface area contributed by atoms with Gasteiger partial charge >= 0.3 is 0 Å². The topological polar surface area (TPSA) is 72.6 Å². The van der Waals surface area contributed by atoms with Crippen LogP contribution in [0.25, 0.3) is 34.2 Å². The number of benzene rings is 6. The summed E-state index contributed by atoms with van der Waals surface area (Å²) in [5.41, 5.74) is 13.1. The Morgan fingerprint density at radius 1 is 0.627 bits per heavy atom. The van der Waals surface area contributed by atoms with Crippen molar-refractivity contribution in [3.63, 3.8) is 0 Å². The lowest BCUT2D eigenvalue weighted by atomic mass is 9.88. The van der Waals surface area contributed by atoms with Crippen molar-refractivity contribution in [2.45, 2.75) is 19.5 Å². The largest absolute Gasteiger partial charge is 0.354 e. The lowest BCUT2D eigenvalue weighted by Crippen LogP contribution is -2.33. The van der Waals surface area contributed by atoms with Gasteiger partial charge in [-0.25, -0.2) is 9.98 Å². The maximum atomic E-state index is 9.04. The molecule has 5 nitrogen and oxygen atoms in total. The van der Waals surface area contributed by atoms with Crippen LogP contribution in [0.3, 0.4) is 0 Å². The minimum atomic E-state index is -0.245. The highest BCUT2D eigenvalue weighted by molar-refractivity contribution is 6.30. The van der Waals surface area contributed by atoms with Crippen molar-refractivity contribution < 1.29 is 0 Å². The highest BCUT2D eigenvalue weighted by atomic mass is 15.2. The van der Waals surface area contributed by atoms with E-state index in [-0.39, 0.29) is 6.17 Å². The second kappa shape index (κ2) is 14.1. The molecule has 0 saturated carbocycles. The molecular weight excluding hydrogens is 623 g/mol. The number of nitrogens with zero attached hydrogens (tertiary/aromatic N) is 2. The molecule has 2 heterocycles. The highest BCUT2D eigenvalue weighted by Crippen LogP contribution is 2.37. The van der Waals surface area contributed by atoms with Crippen LogP contribution in [-0.4, -0.2) is 17.4 Å². The summed E-state index contributed by atoms with van der Waals surface area (Å²) in [7, 11) is 0. The number of amidine groups is 2. The Morgan fingerprint density at radius 3 is 1.88 bits per heavy atom. The molecule has 0 bridgehead atoms. The van der Waals surface area contributed by atoms with Crippen LogP contribution in [0.2, 0.25) is 0 Å². The quantitative estimate of drug-likeness (QED) is 0.142. The molecule has 6 aromatic carbocycles. The van der Waals surface area contributed by atoms with Gasteiger partial charge in [0.15, 0.2) is 5.84 Å². The number of rotatable bonds is 8. The van der Waals surface area contributed by atoms with E-state index in [1.165, 1.54) is 0 Å². The molecule has 1 atom stereocenters. The standard InChI is InChI=1S/C46H37N5/c1-2-40(47)42(33-17-9-4-10-18-33)43-39-28-27-37(29-38(39)30-41(48-43)32-15-7-3-8-16-32)31-23-25-36(26-24-31)46-50-44(34-19-11-5-12-20-34)49-45(51-46)35-21-13-6-14-22-35/h3-30,44,47-48H,2H2,1H3,(H,49,50,51)/b43-42-,47-40?. The number of hydrogen-bond donors (Lipinski definition) is 3. The molecule has 0 radical (unpaired) electrons. The number of fused-ring (bicyclic) bond motifs is 1. The first-order valence-electron chi connectivity index (χ1n) is 17.3. The van der Waals surface area contributed by atoms with Crippen LogP contribution in [-0.2, 0) is 0 Å². The summed E-state index contributed by atoms with van der Waals surface area (Å²) in [6.07, 6.45) is 2.60. The van der Waals surface area contributed by atoms with E-state index < -0.39 is 0 Å². The molecule has 1 unspecified atom stereocenters. The zero-order valence-corrected chi connectivity index (χ0v) is 28.3. The van der Waals surface area contributed by atoms with Crippen molar-refractivity contribution in [3.8, 4) is 11.1 Å². The predicted molar refractivity (Wildman–Crippen MR) is 212 cm³/mol. The third kappa shape index (κ3) is 6.57. The molecule has 6 aromatic rings. The van der Waals surface area contributed by atoms with Gasteiger partial charge < -0.3 is 16.0 Å². The zero-order chi connectivity index (χ0) is 34.6. The minimum absolute atomic E-state index is 0.245. The van der Waals surface area contributed by atoms with E-state index >= 15 is 0 Å². The molecule has 8 rings (SSSR count). The molecule has 0 amide bonds. The summed E-state index contributed by atoms with van der Waals surface area (Å²) in [6, 6.07) is 56.3. The third-order valence-electron chi connectivity index (χ3n) is 9.31. The average molecular weight is 660 g/mol. The molecule has 5 heteroatoms. The maximum Gasteiger partial charge on any atom is 0.159 e. The van der Waals surface area contributed by atoms with Crippen LogP contribution >= 0.6 is 0 Å². The van der Waals surface area contributed by atoms with Gasteiger partial charge in [-0.1, -0.05) is 165 Å². The normalized spacial score (nSPS) is 16.0. The SMILES string of the molecule is CCC(=N)/C(=C1\NC(c2ccccc2)=Cc2cc(-c3ccc(C4=NC(c5ccccc5)NC(c5ccccc5)=N4)cc3)ccc21)c1ccccc1. The zero-order valence-electron chi connectivity index (χ0n) is 28.3. The lowest BCUT2D eigenvalue weighted by Gasteiger charge is -2.26. The van der Waals surface area contributed by atoms with Crippen LogP contribution < -0.4 is 10.6 Å². The van der Waals surface area contributed by atoms with E-state index in [1.54, 1.807) is 0 Å². The second-order valence-corrected chi connectivity index (χ2v) is 12.6. The van der Waals surface area contributed by atoms with Gasteiger partial charge in [0.2, 0.25) is 0 Å². The van der Waals surface area contributed by atoms with Crippen molar-refractivity contribution in [2.24, 2.45) is 9.98 Å². The van der Waals surface area contributed by atoms with E-state index in [1.807, 2.05) is 67.6 Å². The van der Waals surface area contributed by atoms with Gasteiger partial charge in [-0.3, -0.25) is 0 Å². The molecule has 2 aliphatic heterocycles. The van der Waals surface area contributed by atoms with E-state index in [9.17, 15) is 0 Å². The van der Waals surface area contributed by atoms with Crippen LogP contribution in [0.1, 0.15) is 58.5 Å². The van der Waals surface area contributed by atoms with E-state index in [0.717, 1.165) is 72.9 Å². The molecular formula is C46H37N5. The Balaban J connectivity index is 1.19. The number of aliphatic imine (C=N–C) groups is 2. The molecule has 0 spiro atoms. The van der Waals surface area contributed by atoms with Gasteiger partial charge in [-0.05, 0) is 51.9 Å².